The second-order valence-electron chi connectivity index (χ2n) is 9.03. The van der Waals surface area contributed by atoms with Crippen LogP contribution in [0.5, 0.6) is 0 Å². The van der Waals surface area contributed by atoms with Gasteiger partial charge in [0.25, 0.3) is 11.8 Å². The molecule has 1 saturated heterocycles. The van der Waals surface area contributed by atoms with E-state index in [4.69, 9.17) is 12.2 Å². The highest BCUT2D eigenvalue weighted by molar-refractivity contribution is 7.80. The summed E-state index contributed by atoms with van der Waals surface area (Å²) in [6.45, 7) is 5.60. The van der Waals surface area contributed by atoms with Gasteiger partial charge in [0.1, 0.15) is 5.69 Å². The minimum Gasteiger partial charge on any atom is -0.363 e. The maximum Gasteiger partial charge on any atom is 0.275 e. The molecule has 0 spiro atoms. The fourth-order valence-electron chi connectivity index (χ4n) is 4.24. The molecule has 2 heterocycles. The molecule has 0 aliphatic carbocycles. The van der Waals surface area contributed by atoms with Crippen LogP contribution in [0.1, 0.15) is 60.1 Å². The molecule has 1 aliphatic rings. The monoisotopic (exact) mass is 528 g/mol. The molecule has 36 heavy (non-hydrogen) atoms. The first kappa shape index (κ1) is 26.2. The lowest BCUT2D eigenvalue weighted by molar-refractivity contribution is 0.0175. The Labute approximate surface area is 219 Å². The van der Waals surface area contributed by atoms with Crippen molar-refractivity contribution in [1.82, 2.24) is 15.2 Å². The van der Waals surface area contributed by atoms with Gasteiger partial charge in [-0.2, -0.15) is 0 Å². The third kappa shape index (κ3) is 6.25. The summed E-state index contributed by atoms with van der Waals surface area (Å²) in [7, 11) is 0. The Balaban J connectivity index is 1.43. The minimum absolute atomic E-state index is 0.0711. The topological polar surface area (TPSA) is 57.3 Å². The summed E-state index contributed by atoms with van der Waals surface area (Å²) in [5, 5.41) is 9.75. The Morgan fingerprint density at radius 1 is 1.19 bits per heavy atom. The number of alkyl halides is 2. The van der Waals surface area contributed by atoms with Crippen LogP contribution < -0.4 is 10.6 Å². The number of carbonyl (C=O) groups excluding carboxylic acids is 1. The number of amides is 1. The predicted molar refractivity (Wildman–Crippen MR) is 146 cm³/mol. The van der Waals surface area contributed by atoms with Crippen molar-refractivity contribution in [2.75, 3.05) is 25.0 Å². The van der Waals surface area contributed by atoms with Gasteiger partial charge in [-0.3, -0.25) is 4.79 Å². The number of halogens is 2. The van der Waals surface area contributed by atoms with E-state index in [1.165, 1.54) is 23.5 Å². The normalized spacial score (nSPS) is 14.5. The van der Waals surface area contributed by atoms with Crippen LogP contribution in [0.15, 0.2) is 53.9 Å². The molecule has 190 valence electrons. The fourth-order valence-corrected chi connectivity index (χ4v) is 5.50. The SMILES string of the molecule is CCCNC(=S)N1CCC(c2nc(C(=O)Nc3ccccc3-c3cccc(C(C)(F)F)c3)cs2)CC1. The Morgan fingerprint density at radius 2 is 1.94 bits per heavy atom. The molecule has 2 N–H and O–H groups in total. The van der Waals surface area contributed by atoms with E-state index in [-0.39, 0.29) is 11.5 Å². The zero-order valence-corrected chi connectivity index (χ0v) is 22.0. The summed E-state index contributed by atoms with van der Waals surface area (Å²) in [5.74, 6) is -2.96. The standard InChI is InChI=1S/C27H30F2N4OS2/c1-3-13-30-26(35)33-14-11-18(12-15-33)25-32-23(17-36-25)24(34)31-22-10-5-4-9-21(22)19-7-6-8-20(16-19)27(2,28)29/h4-10,16-18H,3,11-15H2,1-2H3,(H,30,35)(H,31,34). The number of para-hydroxylation sites is 1. The number of thiocarbonyl (C=S) groups is 1. The van der Waals surface area contributed by atoms with Crippen LogP contribution in [-0.2, 0) is 5.92 Å². The molecule has 0 atom stereocenters. The van der Waals surface area contributed by atoms with Crippen LogP contribution in [0.2, 0.25) is 0 Å². The predicted octanol–water partition coefficient (Wildman–Crippen LogP) is 6.64. The van der Waals surface area contributed by atoms with Crippen LogP contribution in [0, 0.1) is 0 Å². The average Bonchev–Trinajstić information content (AvgIpc) is 3.38. The van der Waals surface area contributed by atoms with Gasteiger partial charge in [-0.15, -0.1) is 11.3 Å². The maximum atomic E-state index is 13.9. The first-order chi connectivity index (χ1) is 17.3. The van der Waals surface area contributed by atoms with Gasteiger partial charge in [0.15, 0.2) is 5.11 Å². The summed E-state index contributed by atoms with van der Waals surface area (Å²) < 4.78 is 27.7. The number of anilines is 1. The molecule has 0 saturated carbocycles. The number of aromatic nitrogens is 1. The van der Waals surface area contributed by atoms with Gasteiger partial charge in [0.05, 0.1) is 5.01 Å². The Hall–Kier alpha value is -2.91. The molecule has 4 rings (SSSR count). The van der Waals surface area contributed by atoms with E-state index in [9.17, 15) is 13.6 Å². The molecule has 3 aromatic rings. The Bertz CT molecular complexity index is 1220. The molecule has 0 radical (unpaired) electrons. The van der Waals surface area contributed by atoms with Crippen molar-refractivity contribution in [2.45, 2.75) is 45.0 Å². The van der Waals surface area contributed by atoms with Crippen LogP contribution in [0.3, 0.4) is 0 Å². The zero-order chi connectivity index (χ0) is 25.7. The number of piperidine rings is 1. The van der Waals surface area contributed by atoms with Crippen LogP contribution in [0.4, 0.5) is 14.5 Å². The number of hydrogen-bond donors (Lipinski definition) is 2. The second-order valence-corrected chi connectivity index (χ2v) is 10.3. The lowest BCUT2D eigenvalue weighted by Crippen LogP contribution is -2.44. The molecule has 0 bridgehead atoms. The number of nitrogens with zero attached hydrogens (tertiary/aromatic N) is 2. The molecule has 0 unspecified atom stereocenters. The number of rotatable bonds is 7. The smallest absolute Gasteiger partial charge is 0.275 e. The van der Waals surface area contributed by atoms with E-state index in [2.05, 4.69) is 27.4 Å². The molecule has 9 heteroatoms. The summed E-state index contributed by atoms with van der Waals surface area (Å²) >= 11 is 6.98. The van der Waals surface area contributed by atoms with E-state index < -0.39 is 5.92 Å². The number of hydrogen-bond acceptors (Lipinski definition) is 4. The van der Waals surface area contributed by atoms with E-state index in [1.807, 2.05) is 12.1 Å². The van der Waals surface area contributed by atoms with Gasteiger partial charge in [-0.1, -0.05) is 43.3 Å². The minimum atomic E-state index is -2.95. The highest BCUT2D eigenvalue weighted by Crippen LogP contribution is 2.34. The van der Waals surface area contributed by atoms with Crippen LogP contribution >= 0.6 is 23.6 Å². The van der Waals surface area contributed by atoms with Crippen molar-refractivity contribution in [3.63, 3.8) is 0 Å². The first-order valence-corrected chi connectivity index (χ1v) is 13.4. The number of thiazole rings is 1. The summed E-state index contributed by atoms with van der Waals surface area (Å²) in [6.07, 6.45) is 2.90. The lowest BCUT2D eigenvalue weighted by Gasteiger charge is -2.33. The van der Waals surface area contributed by atoms with Gasteiger partial charge in [-0.25, -0.2) is 13.8 Å². The number of likely N-dealkylation sites (tertiary alicyclic amines) is 1. The Morgan fingerprint density at radius 3 is 2.67 bits per heavy atom. The molecule has 1 fully saturated rings. The van der Waals surface area contributed by atoms with Crippen molar-refractivity contribution in [3.05, 3.63) is 70.2 Å². The first-order valence-electron chi connectivity index (χ1n) is 12.1. The summed E-state index contributed by atoms with van der Waals surface area (Å²) in [5.41, 5.74) is 2.13. The molecule has 1 aliphatic heterocycles. The number of benzene rings is 2. The Kier molecular flexibility index (Phi) is 8.31. The molecule has 2 aromatic carbocycles. The van der Waals surface area contributed by atoms with Crippen LogP contribution in [0.25, 0.3) is 11.1 Å². The maximum absolute atomic E-state index is 13.9. The highest BCUT2D eigenvalue weighted by atomic mass is 32.1. The quantitative estimate of drug-likeness (QED) is 0.337. The molecular formula is C27H30F2N4OS2. The van der Waals surface area contributed by atoms with Crippen molar-refractivity contribution in [1.29, 1.82) is 0 Å². The second kappa shape index (κ2) is 11.4. The molecule has 1 aromatic heterocycles. The van der Waals surface area contributed by atoms with Gasteiger partial charge in [0, 0.05) is 54.7 Å². The molecular weight excluding hydrogens is 498 g/mol. The van der Waals surface area contributed by atoms with Crippen molar-refractivity contribution in [3.8, 4) is 11.1 Å². The van der Waals surface area contributed by atoms with E-state index in [0.29, 0.717) is 28.4 Å². The van der Waals surface area contributed by atoms with Crippen molar-refractivity contribution in [2.24, 2.45) is 0 Å². The molecule has 1 amide bonds. The lowest BCUT2D eigenvalue weighted by atomic mass is 9.98. The van der Waals surface area contributed by atoms with Crippen molar-refractivity contribution >= 4 is 40.3 Å². The molecule has 5 nitrogen and oxygen atoms in total. The summed E-state index contributed by atoms with van der Waals surface area (Å²) in [6, 6.07) is 13.4. The third-order valence-corrected chi connectivity index (χ3v) is 7.68. The van der Waals surface area contributed by atoms with E-state index in [0.717, 1.165) is 55.9 Å². The van der Waals surface area contributed by atoms with Gasteiger partial charge >= 0.3 is 0 Å². The van der Waals surface area contributed by atoms with E-state index >= 15 is 0 Å². The zero-order valence-electron chi connectivity index (χ0n) is 20.4. The van der Waals surface area contributed by atoms with Gasteiger partial charge in [0.2, 0.25) is 0 Å². The van der Waals surface area contributed by atoms with E-state index in [1.54, 1.807) is 29.6 Å². The average molecular weight is 529 g/mol. The number of carbonyl (C=O) groups is 1. The van der Waals surface area contributed by atoms with Crippen LogP contribution in [-0.4, -0.2) is 40.5 Å². The fraction of sp³-hybridized carbons (Fsp3) is 0.370. The largest absolute Gasteiger partial charge is 0.363 e. The highest BCUT2D eigenvalue weighted by Gasteiger charge is 2.26. The third-order valence-electron chi connectivity index (χ3n) is 6.27. The summed E-state index contributed by atoms with van der Waals surface area (Å²) in [4.78, 5) is 19.9. The number of nitrogens with one attached hydrogen (secondary N) is 2. The van der Waals surface area contributed by atoms with Crippen molar-refractivity contribution < 1.29 is 13.6 Å². The van der Waals surface area contributed by atoms with Gasteiger partial charge in [-0.05, 0) is 49.2 Å². The van der Waals surface area contributed by atoms with Gasteiger partial charge < -0.3 is 15.5 Å².